The lowest BCUT2D eigenvalue weighted by atomic mass is 10.2. The molecule has 0 fully saturated rings. The number of amides is 1. The van der Waals surface area contributed by atoms with Gasteiger partial charge in [-0.15, -0.1) is 0 Å². The molecule has 0 unspecified atom stereocenters. The van der Waals surface area contributed by atoms with E-state index >= 15 is 0 Å². The van der Waals surface area contributed by atoms with Crippen LogP contribution in [0.1, 0.15) is 34.2 Å². The predicted octanol–water partition coefficient (Wildman–Crippen LogP) is 3.23. The van der Waals surface area contributed by atoms with Crippen LogP contribution in [0.15, 0.2) is 30.3 Å². The first kappa shape index (κ1) is 16.8. The third-order valence-corrected chi connectivity index (χ3v) is 3.71. The molecule has 1 N–H and O–H groups in total. The fourth-order valence-corrected chi connectivity index (χ4v) is 2.44. The third-order valence-electron chi connectivity index (χ3n) is 3.71. The molecule has 0 aliphatic carbocycles. The van der Waals surface area contributed by atoms with Crippen molar-refractivity contribution in [1.29, 1.82) is 0 Å². The Kier molecular flexibility index (Phi) is 5.21. The molecule has 2 rings (SSSR count). The highest BCUT2D eigenvalue weighted by Crippen LogP contribution is 2.17. The van der Waals surface area contributed by atoms with Crippen LogP contribution < -0.4 is 5.32 Å². The van der Waals surface area contributed by atoms with Crippen LogP contribution in [-0.2, 0) is 16.1 Å². The van der Waals surface area contributed by atoms with E-state index in [1.54, 1.807) is 13.0 Å². The van der Waals surface area contributed by atoms with E-state index in [1.807, 2.05) is 49.6 Å². The van der Waals surface area contributed by atoms with Crippen LogP contribution in [0.25, 0.3) is 0 Å². The summed E-state index contributed by atoms with van der Waals surface area (Å²) >= 11 is 0. The largest absolute Gasteiger partial charge is 0.462 e. The van der Waals surface area contributed by atoms with Gasteiger partial charge >= 0.3 is 5.97 Å². The van der Waals surface area contributed by atoms with Crippen LogP contribution in [0.2, 0.25) is 0 Å². The molecule has 23 heavy (non-hydrogen) atoms. The summed E-state index contributed by atoms with van der Waals surface area (Å²) in [6.45, 7) is 7.94. The van der Waals surface area contributed by atoms with Crippen molar-refractivity contribution >= 4 is 17.6 Å². The Hall–Kier alpha value is -2.56. The lowest BCUT2D eigenvalue weighted by Gasteiger charge is -2.10. The molecule has 122 valence electrons. The number of hydrogen-bond donors (Lipinski definition) is 1. The van der Waals surface area contributed by atoms with E-state index in [0.717, 1.165) is 22.6 Å². The number of nitrogens with zero attached hydrogens (tertiary/aromatic N) is 1. The molecule has 5 heteroatoms. The molecule has 0 aliphatic rings. The van der Waals surface area contributed by atoms with Crippen molar-refractivity contribution in [3.8, 4) is 0 Å². The normalized spacial score (nSPS) is 10.4. The van der Waals surface area contributed by atoms with Crippen LogP contribution in [0.4, 0.5) is 5.69 Å². The van der Waals surface area contributed by atoms with Crippen molar-refractivity contribution in [1.82, 2.24) is 4.57 Å². The van der Waals surface area contributed by atoms with Gasteiger partial charge in [0.15, 0.2) is 0 Å². The minimum atomic E-state index is -0.356. The van der Waals surface area contributed by atoms with Gasteiger partial charge in [-0.1, -0.05) is 17.7 Å². The van der Waals surface area contributed by atoms with Gasteiger partial charge in [-0.3, -0.25) is 4.79 Å². The van der Waals surface area contributed by atoms with Crippen molar-refractivity contribution in [3.05, 3.63) is 52.8 Å². The first-order valence-corrected chi connectivity index (χ1v) is 7.62. The molecule has 0 spiro atoms. The van der Waals surface area contributed by atoms with Crippen molar-refractivity contribution in [2.75, 3.05) is 11.9 Å². The molecule has 1 aromatic carbocycles. The van der Waals surface area contributed by atoms with E-state index in [4.69, 9.17) is 4.74 Å². The van der Waals surface area contributed by atoms with E-state index in [2.05, 4.69) is 5.32 Å². The lowest BCUT2D eigenvalue weighted by molar-refractivity contribution is -0.116. The zero-order chi connectivity index (χ0) is 17.0. The maximum atomic E-state index is 12.2. The number of aromatic nitrogens is 1. The standard InChI is InChI=1S/C18H22N2O3/c1-5-23-18(22)16-10-13(3)20(14(16)4)11-17(21)19-15-8-6-12(2)7-9-15/h6-10H,5,11H2,1-4H3,(H,19,21). The highest BCUT2D eigenvalue weighted by molar-refractivity contribution is 5.93. The van der Waals surface area contributed by atoms with Gasteiger partial charge in [0.1, 0.15) is 6.54 Å². The van der Waals surface area contributed by atoms with Gasteiger partial charge in [0.05, 0.1) is 12.2 Å². The number of nitrogens with one attached hydrogen (secondary N) is 1. The van der Waals surface area contributed by atoms with Crippen molar-refractivity contribution in [3.63, 3.8) is 0 Å². The van der Waals surface area contributed by atoms with E-state index in [0.29, 0.717) is 12.2 Å². The Balaban J connectivity index is 2.11. The van der Waals surface area contributed by atoms with Gasteiger partial charge in [0.25, 0.3) is 0 Å². The molecule has 0 bridgehead atoms. The quantitative estimate of drug-likeness (QED) is 0.862. The summed E-state index contributed by atoms with van der Waals surface area (Å²) in [5.74, 6) is -0.489. The molecule has 0 radical (unpaired) electrons. The van der Waals surface area contributed by atoms with Crippen LogP contribution in [0, 0.1) is 20.8 Å². The number of carbonyl (C=O) groups is 2. The zero-order valence-electron chi connectivity index (χ0n) is 14.0. The molecule has 1 heterocycles. The van der Waals surface area contributed by atoms with Gasteiger partial charge in [-0.25, -0.2) is 4.79 Å². The number of benzene rings is 1. The predicted molar refractivity (Wildman–Crippen MR) is 89.7 cm³/mol. The first-order valence-electron chi connectivity index (χ1n) is 7.62. The summed E-state index contributed by atoms with van der Waals surface area (Å²) in [6.07, 6.45) is 0. The highest BCUT2D eigenvalue weighted by atomic mass is 16.5. The lowest BCUT2D eigenvalue weighted by Crippen LogP contribution is -2.20. The second-order valence-corrected chi connectivity index (χ2v) is 5.51. The Morgan fingerprint density at radius 2 is 1.78 bits per heavy atom. The van der Waals surface area contributed by atoms with Crippen LogP contribution in [-0.4, -0.2) is 23.1 Å². The average Bonchev–Trinajstić information content (AvgIpc) is 2.78. The van der Waals surface area contributed by atoms with Gasteiger partial charge in [0, 0.05) is 17.1 Å². The third kappa shape index (κ3) is 4.00. The molecule has 0 aliphatic heterocycles. The van der Waals surface area contributed by atoms with Crippen LogP contribution >= 0.6 is 0 Å². The van der Waals surface area contributed by atoms with E-state index in [1.165, 1.54) is 0 Å². The second-order valence-electron chi connectivity index (χ2n) is 5.51. The number of aryl methyl sites for hydroxylation is 2. The smallest absolute Gasteiger partial charge is 0.339 e. The molecule has 0 atom stereocenters. The summed E-state index contributed by atoms with van der Waals surface area (Å²) in [6, 6.07) is 9.38. The van der Waals surface area contributed by atoms with E-state index < -0.39 is 0 Å². The SMILES string of the molecule is CCOC(=O)c1cc(C)n(CC(=O)Nc2ccc(C)cc2)c1C. The number of hydrogen-bond acceptors (Lipinski definition) is 3. The van der Waals surface area contributed by atoms with Gasteiger partial charge in [-0.2, -0.15) is 0 Å². The van der Waals surface area contributed by atoms with Gasteiger partial charge in [0.2, 0.25) is 5.91 Å². The maximum absolute atomic E-state index is 12.2. The summed E-state index contributed by atoms with van der Waals surface area (Å²) < 4.78 is 6.85. The topological polar surface area (TPSA) is 60.3 Å². The highest BCUT2D eigenvalue weighted by Gasteiger charge is 2.18. The Bertz CT molecular complexity index is 715. The van der Waals surface area contributed by atoms with Crippen molar-refractivity contribution in [2.24, 2.45) is 0 Å². The van der Waals surface area contributed by atoms with E-state index in [-0.39, 0.29) is 18.4 Å². The molecular formula is C18H22N2O3. The van der Waals surface area contributed by atoms with E-state index in [9.17, 15) is 9.59 Å². The Labute approximate surface area is 136 Å². The molecule has 0 saturated heterocycles. The molecule has 1 amide bonds. The van der Waals surface area contributed by atoms with Gasteiger partial charge in [-0.05, 0) is 45.9 Å². The fourth-order valence-electron chi connectivity index (χ4n) is 2.44. The molecule has 5 nitrogen and oxygen atoms in total. The van der Waals surface area contributed by atoms with Crippen molar-refractivity contribution < 1.29 is 14.3 Å². The zero-order valence-corrected chi connectivity index (χ0v) is 14.0. The summed E-state index contributed by atoms with van der Waals surface area (Å²) in [7, 11) is 0. The average molecular weight is 314 g/mol. The Morgan fingerprint density at radius 3 is 2.39 bits per heavy atom. The number of ether oxygens (including phenoxy) is 1. The van der Waals surface area contributed by atoms with Gasteiger partial charge < -0.3 is 14.6 Å². The molecular weight excluding hydrogens is 292 g/mol. The number of esters is 1. The minimum absolute atomic E-state index is 0.133. The number of carbonyl (C=O) groups excluding carboxylic acids is 2. The minimum Gasteiger partial charge on any atom is -0.462 e. The monoisotopic (exact) mass is 314 g/mol. The van der Waals surface area contributed by atoms with Crippen LogP contribution in [0.5, 0.6) is 0 Å². The molecule has 0 saturated carbocycles. The summed E-state index contributed by atoms with van der Waals surface area (Å²) in [4.78, 5) is 24.1. The fraction of sp³-hybridized carbons (Fsp3) is 0.333. The number of anilines is 1. The molecule has 2 aromatic rings. The maximum Gasteiger partial charge on any atom is 0.339 e. The second kappa shape index (κ2) is 7.13. The number of rotatable bonds is 5. The molecule has 1 aromatic heterocycles. The Morgan fingerprint density at radius 1 is 1.13 bits per heavy atom. The van der Waals surface area contributed by atoms with Crippen molar-refractivity contribution in [2.45, 2.75) is 34.2 Å². The summed E-state index contributed by atoms with van der Waals surface area (Å²) in [5, 5.41) is 2.86. The first-order chi connectivity index (χ1) is 10.9. The van der Waals surface area contributed by atoms with Crippen LogP contribution in [0.3, 0.4) is 0 Å². The summed E-state index contributed by atoms with van der Waals surface area (Å²) in [5.41, 5.74) is 3.99.